The summed E-state index contributed by atoms with van der Waals surface area (Å²) in [5.74, 6) is -3.17. The van der Waals surface area contributed by atoms with Gasteiger partial charge in [-0.15, -0.1) is 0 Å². The standard InChI is InChI=1S/C12H11N3O8/c1-21-4-7-13-11(14-23-7)5-3-6(16)10(17)9(15(19)20)8(5)12(18)22-2/h3,16-17H,4H2,1-2H3. The van der Waals surface area contributed by atoms with Crippen molar-refractivity contribution in [1.29, 1.82) is 0 Å². The second-order valence-electron chi connectivity index (χ2n) is 4.21. The predicted octanol–water partition coefficient (Wildman–Crippen LogP) is 0.989. The van der Waals surface area contributed by atoms with E-state index in [-0.39, 0.29) is 23.9 Å². The Bertz CT molecular complexity index is 770. The second-order valence-corrected chi connectivity index (χ2v) is 4.21. The Morgan fingerprint density at radius 2 is 2.13 bits per heavy atom. The van der Waals surface area contributed by atoms with Gasteiger partial charge in [0.2, 0.25) is 11.6 Å². The minimum Gasteiger partial charge on any atom is -0.504 e. The molecule has 0 spiro atoms. The Labute approximate surface area is 128 Å². The molecule has 0 radical (unpaired) electrons. The third-order valence-corrected chi connectivity index (χ3v) is 2.80. The first-order chi connectivity index (χ1) is 10.9. The van der Waals surface area contributed by atoms with Crippen molar-refractivity contribution in [2.75, 3.05) is 14.2 Å². The molecule has 0 aliphatic rings. The summed E-state index contributed by atoms with van der Waals surface area (Å²) < 4.78 is 14.1. The molecule has 0 saturated heterocycles. The van der Waals surface area contributed by atoms with Gasteiger partial charge in [0.1, 0.15) is 6.61 Å². The number of carbonyl (C=O) groups is 1. The van der Waals surface area contributed by atoms with Gasteiger partial charge >= 0.3 is 11.7 Å². The van der Waals surface area contributed by atoms with E-state index in [9.17, 15) is 25.1 Å². The smallest absolute Gasteiger partial charge is 0.345 e. The normalized spacial score (nSPS) is 10.5. The van der Waals surface area contributed by atoms with Crippen LogP contribution in [0.4, 0.5) is 5.69 Å². The molecule has 0 aliphatic carbocycles. The third kappa shape index (κ3) is 2.89. The summed E-state index contributed by atoms with van der Waals surface area (Å²) in [6.45, 7) is -0.0211. The lowest BCUT2D eigenvalue weighted by molar-refractivity contribution is -0.386. The van der Waals surface area contributed by atoms with Crippen molar-refractivity contribution < 1.29 is 33.9 Å². The van der Waals surface area contributed by atoms with Crippen LogP contribution >= 0.6 is 0 Å². The lowest BCUT2D eigenvalue weighted by Crippen LogP contribution is -2.09. The number of aromatic nitrogens is 2. The number of phenolic OH excluding ortho intramolecular Hbond substituents is 2. The zero-order chi connectivity index (χ0) is 17.1. The third-order valence-electron chi connectivity index (χ3n) is 2.80. The van der Waals surface area contributed by atoms with E-state index in [4.69, 9.17) is 9.26 Å². The Hall–Kier alpha value is -3.21. The number of rotatable bonds is 5. The van der Waals surface area contributed by atoms with E-state index < -0.39 is 33.6 Å². The number of ether oxygens (including phenoxy) is 2. The van der Waals surface area contributed by atoms with Crippen molar-refractivity contribution in [3.05, 3.63) is 27.6 Å². The van der Waals surface area contributed by atoms with Crippen LogP contribution in [0.15, 0.2) is 10.6 Å². The van der Waals surface area contributed by atoms with Gasteiger partial charge in [0, 0.05) is 12.7 Å². The summed E-state index contributed by atoms with van der Waals surface area (Å²) in [5.41, 5.74) is -1.87. The fraction of sp³-hybridized carbons (Fsp3) is 0.250. The van der Waals surface area contributed by atoms with Gasteiger partial charge in [-0.2, -0.15) is 4.98 Å². The van der Waals surface area contributed by atoms with Gasteiger partial charge in [-0.3, -0.25) is 10.1 Å². The molecule has 0 saturated carbocycles. The molecule has 0 amide bonds. The van der Waals surface area contributed by atoms with Crippen LogP contribution in [0.1, 0.15) is 16.2 Å². The number of aromatic hydroxyl groups is 2. The van der Waals surface area contributed by atoms with E-state index in [2.05, 4.69) is 14.9 Å². The molecule has 0 aliphatic heterocycles. The van der Waals surface area contributed by atoms with Crippen molar-refractivity contribution in [2.45, 2.75) is 6.61 Å². The molecule has 23 heavy (non-hydrogen) atoms. The number of phenols is 2. The van der Waals surface area contributed by atoms with Gasteiger partial charge < -0.3 is 24.2 Å². The van der Waals surface area contributed by atoms with Gasteiger partial charge in [-0.1, -0.05) is 5.16 Å². The zero-order valence-corrected chi connectivity index (χ0v) is 12.0. The van der Waals surface area contributed by atoms with Crippen LogP contribution in [-0.4, -0.2) is 45.5 Å². The quantitative estimate of drug-likeness (QED) is 0.351. The number of nitrogens with zero attached hydrogens (tertiary/aromatic N) is 3. The molecule has 2 N–H and O–H groups in total. The fourth-order valence-electron chi connectivity index (χ4n) is 1.85. The molecule has 122 valence electrons. The van der Waals surface area contributed by atoms with Gasteiger partial charge in [-0.25, -0.2) is 4.79 Å². The SMILES string of the molecule is COCc1nc(-c2cc(O)c(O)c([N+](=O)[O-])c2C(=O)OC)no1. The summed E-state index contributed by atoms with van der Waals surface area (Å²) in [6.07, 6.45) is 0. The van der Waals surface area contributed by atoms with Crippen LogP contribution in [0.5, 0.6) is 11.5 Å². The van der Waals surface area contributed by atoms with Gasteiger partial charge in [0.25, 0.3) is 5.89 Å². The molecular weight excluding hydrogens is 314 g/mol. The summed E-state index contributed by atoms with van der Waals surface area (Å²) in [4.78, 5) is 25.9. The maximum absolute atomic E-state index is 11.9. The number of hydrogen-bond donors (Lipinski definition) is 2. The Morgan fingerprint density at radius 3 is 2.70 bits per heavy atom. The van der Waals surface area contributed by atoms with Gasteiger partial charge in [0.15, 0.2) is 11.3 Å². The first-order valence-corrected chi connectivity index (χ1v) is 6.04. The van der Waals surface area contributed by atoms with Crippen LogP contribution in [0.3, 0.4) is 0 Å². The average molecular weight is 325 g/mol. The predicted molar refractivity (Wildman–Crippen MR) is 71.8 cm³/mol. The summed E-state index contributed by atoms with van der Waals surface area (Å²) >= 11 is 0. The van der Waals surface area contributed by atoms with E-state index in [1.54, 1.807) is 0 Å². The topological polar surface area (TPSA) is 158 Å². The maximum atomic E-state index is 11.9. The first-order valence-electron chi connectivity index (χ1n) is 6.04. The van der Waals surface area contributed by atoms with Crippen LogP contribution in [0.25, 0.3) is 11.4 Å². The zero-order valence-electron chi connectivity index (χ0n) is 12.0. The Morgan fingerprint density at radius 1 is 1.43 bits per heavy atom. The van der Waals surface area contributed by atoms with Crippen molar-refractivity contribution >= 4 is 11.7 Å². The van der Waals surface area contributed by atoms with E-state index in [1.807, 2.05) is 0 Å². The van der Waals surface area contributed by atoms with Crippen molar-refractivity contribution in [3.63, 3.8) is 0 Å². The first kappa shape index (κ1) is 16.2. The number of nitro benzene ring substituents is 1. The van der Waals surface area contributed by atoms with Crippen LogP contribution < -0.4 is 0 Å². The highest BCUT2D eigenvalue weighted by Crippen LogP contribution is 2.43. The van der Waals surface area contributed by atoms with E-state index in [0.29, 0.717) is 0 Å². The van der Waals surface area contributed by atoms with E-state index >= 15 is 0 Å². The molecule has 0 fully saturated rings. The summed E-state index contributed by atoms with van der Waals surface area (Å²) in [7, 11) is 2.40. The molecule has 1 aromatic carbocycles. The Kier molecular flexibility index (Phi) is 4.41. The largest absolute Gasteiger partial charge is 0.504 e. The van der Waals surface area contributed by atoms with E-state index in [0.717, 1.165) is 13.2 Å². The molecule has 1 aromatic heterocycles. The van der Waals surface area contributed by atoms with Gasteiger partial charge in [0.05, 0.1) is 12.0 Å². The highest BCUT2D eigenvalue weighted by Gasteiger charge is 2.34. The number of benzene rings is 1. The highest BCUT2D eigenvalue weighted by molar-refractivity contribution is 6.02. The highest BCUT2D eigenvalue weighted by atomic mass is 16.6. The molecule has 1 heterocycles. The molecular formula is C12H11N3O8. The van der Waals surface area contributed by atoms with E-state index in [1.165, 1.54) is 7.11 Å². The van der Waals surface area contributed by atoms with Crippen LogP contribution in [-0.2, 0) is 16.1 Å². The van der Waals surface area contributed by atoms with Gasteiger partial charge in [-0.05, 0) is 6.07 Å². The number of hydrogen-bond acceptors (Lipinski definition) is 10. The number of carbonyl (C=O) groups excluding carboxylic acids is 1. The number of methoxy groups -OCH3 is 2. The summed E-state index contributed by atoms with van der Waals surface area (Å²) in [5, 5.41) is 34.0. The van der Waals surface area contributed by atoms with Crippen molar-refractivity contribution in [2.24, 2.45) is 0 Å². The fourth-order valence-corrected chi connectivity index (χ4v) is 1.85. The molecule has 0 bridgehead atoms. The summed E-state index contributed by atoms with van der Waals surface area (Å²) in [6, 6.07) is 0.899. The monoisotopic (exact) mass is 325 g/mol. The second kappa shape index (κ2) is 6.27. The minimum atomic E-state index is -1.11. The Balaban J connectivity index is 2.75. The maximum Gasteiger partial charge on any atom is 0.345 e. The molecule has 0 unspecified atom stereocenters. The van der Waals surface area contributed by atoms with Crippen molar-refractivity contribution in [3.8, 4) is 22.9 Å². The number of nitro groups is 1. The van der Waals surface area contributed by atoms with Crippen LogP contribution in [0.2, 0.25) is 0 Å². The molecule has 2 rings (SSSR count). The molecule has 2 aromatic rings. The van der Waals surface area contributed by atoms with Crippen LogP contribution in [0, 0.1) is 10.1 Å². The average Bonchev–Trinajstić information content (AvgIpc) is 2.97. The van der Waals surface area contributed by atoms with Crippen molar-refractivity contribution in [1.82, 2.24) is 10.1 Å². The lowest BCUT2D eigenvalue weighted by atomic mass is 10.0. The number of esters is 1. The molecule has 11 nitrogen and oxygen atoms in total. The molecule has 0 atom stereocenters. The molecule has 11 heteroatoms. The minimum absolute atomic E-state index is 0.0211. The lowest BCUT2D eigenvalue weighted by Gasteiger charge is -2.08.